The molecule has 1 heterocycles. The van der Waals surface area contributed by atoms with Gasteiger partial charge in [0.05, 0.1) is 12.6 Å². The molecule has 3 heteroatoms. The highest BCUT2D eigenvalue weighted by Gasteiger charge is 2.14. The molecular weight excluding hydrogens is 214 g/mol. The highest BCUT2D eigenvalue weighted by molar-refractivity contribution is 5.91. The summed E-state index contributed by atoms with van der Waals surface area (Å²) in [7, 11) is 0. The molecule has 0 bridgehead atoms. The monoisotopic (exact) mass is 231 g/mol. The molecule has 1 aromatic carbocycles. The second-order valence-electron chi connectivity index (χ2n) is 4.17. The Kier molecular flexibility index (Phi) is 4.33. The smallest absolute Gasteiger partial charge is 0.244 e. The summed E-state index contributed by atoms with van der Waals surface area (Å²) in [6.07, 6.45) is 5.42. The summed E-state index contributed by atoms with van der Waals surface area (Å²) in [5, 5.41) is 2.94. The van der Waals surface area contributed by atoms with Crippen molar-refractivity contribution in [3.05, 3.63) is 42.0 Å². The van der Waals surface area contributed by atoms with E-state index in [4.69, 9.17) is 4.74 Å². The van der Waals surface area contributed by atoms with Gasteiger partial charge in [0, 0.05) is 12.7 Å². The van der Waals surface area contributed by atoms with Gasteiger partial charge in [-0.15, -0.1) is 0 Å². The molecule has 90 valence electrons. The van der Waals surface area contributed by atoms with Gasteiger partial charge in [0.2, 0.25) is 5.91 Å². The van der Waals surface area contributed by atoms with Gasteiger partial charge in [-0.25, -0.2) is 0 Å². The van der Waals surface area contributed by atoms with Crippen LogP contribution in [0.5, 0.6) is 0 Å². The SMILES string of the molecule is O=C(C=Cc1ccccc1)NC1CCCOC1. The van der Waals surface area contributed by atoms with Gasteiger partial charge >= 0.3 is 0 Å². The largest absolute Gasteiger partial charge is 0.379 e. The summed E-state index contributed by atoms with van der Waals surface area (Å²) in [5.41, 5.74) is 1.03. The van der Waals surface area contributed by atoms with Crippen molar-refractivity contribution in [2.45, 2.75) is 18.9 Å². The summed E-state index contributed by atoms with van der Waals surface area (Å²) in [6, 6.07) is 9.95. The van der Waals surface area contributed by atoms with E-state index in [-0.39, 0.29) is 11.9 Å². The van der Waals surface area contributed by atoms with Crippen molar-refractivity contribution in [3.63, 3.8) is 0 Å². The maximum Gasteiger partial charge on any atom is 0.244 e. The molecule has 1 aliphatic heterocycles. The average molecular weight is 231 g/mol. The molecule has 3 nitrogen and oxygen atoms in total. The van der Waals surface area contributed by atoms with Crippen molar-refractivity contribution in [1.82, 2.24) is 5.32 Å². The van der Waals surface area contributed by atoms with Gasteiger partial charge in [-0.3, -0.25) is 4.79 Å². The first-order valence-corrected chi connectivity index (χ1v) is 5.96. The first kappa shape index (κ1) is 11.9. The Morgan fingerprint density at radius 3 is 2.88 bits per heavy atom. The van der Waals surface area contributed by atoms with E-state index in [1.807, 2.05) is 36.4 Å². The van der Waals surface area contributed by atoms with E-state index in [0.29, 0.717) is 6.61 Å². The zero-order chi connectivity index (χ0) is 11.9. The van der Waals surface area contributed by atoms with Crippen LogP contribution in [0, 0.1) is 0 Å². The Bertz CT molecular complexity index is 380. The predicted octanol–water partition coefficient (Wildman–Crippen LogP) is 2.00. The van der Waals surface area contributed by atoms with E-state index < -0.39 is 0 Å². The van der Waals surface area contributed by atoms with Crippen LogP contribution in [0.2, 0.25) is 0 Å². The van der Waals surface area contributed by atoms with Crippen LogP contribution in [0.15, 0.2) is 36.4 Å². The third-order valence-electron chi connectivity index (χ3n) is 2.73. The zero-order valence-corrected chi connectivity index (χ0v) is 9.76. The standard InChI is InChI=1S/C14H17NO2/c16-14(15-13-7-4-10-17-11-13)9-8-12-5-2-1-3-6-12/h1-3,5-6,8-9,13H,4,7,10-11H2,(H,15,16). The summed E-state index contributed by atoms with van der Waals surface area (Å²) < 4.78 is 5.31. The van der Waals surface area contributed by atoms with Gasteiger partial charge in [-0.05, 0) is 24.5 Å². The van der Waals surface area contributed by atoms with E-state index in [9.17, 15) is 4.79 Å². The lowest BCUT2D eigenvalue weighted by molar-refractivity contribution is -0.118. The van der Waals surface area contributed by atoms with Gasteiger partial charge in [-0.2, -0.15) is 0 Å². The molecule has 1 aliphatic rings. The Hall–Kier alpha value is -1.61. The minimum atomic E-state index is -0.0515. The minimum Gasteiger partial charge on any atom is -0.379 e. The molecule has 1 aromatic rings. The number of benzene rings is 1. The van der Waals surface area contributed by atoms with Crippen molar-refractivity contribution in [2.75, 3.05) is 13.2 Å². The third kappa shape index (κ3) is 4.04. The lowest BCUT2D eigenvalue weighted by Crippen LogP contribution is -2.39. The molecule has 0 spiro atoms. The van der Waals surface area contributed by atoms with Crippen LogP contribution in [0.3, 0.4) is 0 Å². The highest BCUT2D eigenvalue weighted by atomic mass is 16.5. The normalized spacial score (nSPS) is 20.4. The second-order valence-corrected chi connectivity index (χ2v) is 4.17. The average Bonchev–Trinajstić information content (AvgIpc) is 2.39. The van der Waals surface area contributed by atoms with E-state index in [1.165, 1.54) is 0 Å². The minimum absolute atomic E-state index is 0.0515. The topological polar surface area (TPSA) is 38.3 Å². The molecule has 0 aromatic heterocycles. The molecule has 17 heavy (non-hydrogen) atoms. The fraction of sp³-hybridized carbons (Fsp3) is 0.357. The molecule has 0 saturated carbocycles. The third-order valence-corrected chi connectivity index (χ3v) is 2.73. The first-order valence-electron chi connectivity index (χ1n) is 5.96. The van der Waals surface area contributed by atoms with E-state index in [1.54, 1.807) is 6.08 Å². The fourth-order valence-electron chi connectivity index (χ4n) is 1.84. The molecule has 1 amide bonds. The Balaban J connectivity index is 1.82. The molecule has 1 saturated heterocycles. The van der Waals surface area contributed by atoms with Crippen molar-refractivity contribution in [2.24, 2.45) is 0 Å². The number of hydrogen-bond acceptors (Lipinski definition) is 2. The number of amides is 1. The lowest BCUT2D eigenvalue weighted by atomic mass is 10.1. The zero-order valence-electron chi connectivity index (χ0n) is 9.76. The maximum absolute atomic E-state index is 11.6. The highest BCUT2D eigenvalue weighted by Crippen LogP contribution is 2.06. The molecule has 1 unspecified atom stereocenters. The van der Waals surface area contributed by atoms with Gasteiger partial charge in [0.1, 0.15) is 0 Å². The summed E-state index contributed by atoms with van der Waals surface area (Å²) in [6.45, 7) is 1.44. The number of hydrogen-bond donors (Lipinski definition) is 1. The number of rotatable bonds is 3. The Morgan fingerprint density at radius 2 is 2.18 bits per heavy atom. The molecule has 0 radical (unpaired) electrons. The lowest BCUT2D eigenvalue weighted by Gasteiger charge is -2.22. The Labute approximate surface area is 101 Å². The summed E-state index contributed by atoms with van der Waals surface area (Å²) in [4.78, 5) is 11.6. The molecular formula is C14H17NO2. The number of carbonyl (C=O) groups is 1. The van der Waals surface area contributed by atoms with Gasteiger partial charge in [0.15, 0.2) is 0 Å². The number of carbonyl (C=O) groups excluding carboxylic acids is 1. The quantitative estimate of drug-likeness (QED) is 0.808. The van der Waals surface area contributed by atoms with Crippen LogP contribution in [-0.4, -0.2) is 25.2 Å². The van der Waals surface area contributed by atoms with Crippen LogP contribution in [-0.2, 0) is 9.53 Å². The number of nitrogens with one attached hydrogen (secondary N) is 1. The van der Waals surface area contributed by atoms with Crippen molar-refractivity contribution >= 4 is 12.0 Å². The van der Waals surface area contributed by atoms with Crippen LogP contribution >= 0.6 is 0 Å². The predicted molar refractivity (Wildman–Crippen MR) is 67.5 cm³/mol. The Morgan fingerprint density at radius 1 is 1.35 bits per heavy atom. The van der Waals surface area contributed by atoms with Crippen LogP contribution in [0.1, 0.15) is 18.4 Å². The van der Waals surface area contributed by atoms with E-state index in [2.05, 4.69) is 5.32 Å². The number of ether oxygens (including phenoxy) is 1. The van der Waals surface area contributed by atoms with E-state index >= 15 is 0 Å². The van der Waals surface area contributed by atoms with Crippen LogP contribution in [0.25, 0.3) is 6.08 Å². The molecule has 2 rings (SSSR count). The van der Waals surface area contributed by atoms with Crippen LogP contribution in [0.4, 0.5) is 0 Å². The van der Waals surface area contributed by atoms with Crippen molar-refractivity contribution in [3.8, 4) is 0 Å². The van der Waals surface area contributed by atoms with Gasteiger partial charge < -0.3 is 10.1 Å². The van der Waals surface area contributed by atoms with Gasteiger partial charge in [-0.1, -0.05) is 30.3 Å². The fourth-order valence-corrected chi connectivity index (χ4v) is 1.84. The molecule has 0 aliphatic carbocycles. The van der Waals surface area contributed by atoms with Gasteiger partial charge in [0.25, 0.3) is 0 Å². The summed E-state index contributed by atoms with van der Waals surface area (Å²) >= 11 is 0. The molecule has 1 atom stereocenters. The summed E-state index contributed by atoms with van der Waals surface area (Å²) in [5.74, 6) is -0.0515. The molecule has 1 fully saturated rings. The maximum atomic E-state index is 11.6. The van der Waals surface area contributed by atoms with Crippen molar-refractivity contribution < 1.29 is 9.53 Å². The molecule has 1 N–H and O–H groups in total. The second kappa shape index (κ2) is 6.21. The van der Waals surface area contributed by atoms with E-state index in [0.717, 1.165) is 25.0 Å². The van der Waals surface area contributed by atoms with Crippen molar-refractivity contribution in [1.29, 1.82) is 0 Å². The van der Waals surface area contributed by atoms with Crippen LogP contribution < -0.4 is 5.32 Å². The first-order chi connectivity index (χ1) is 8.34.